The molecule has 0 saturated heterocycles. The number of allylic oxidation sites excluding steroid dienone is 6. The van der Waals surface area contributed by atoms with Crippen LogP contribution in [0.2, 0.25) is 0 Å². The first kappa shape index (κ1) is 32.8. The Kier molecular flexibility index (Phi) is 13.5. The summed E-state index contributed by atoms with van der Waals surface area (Å²) in [6.07, 6.45) is 7.07. The van der Waals surface area contributed by atoms with Crippen LogP contribution < -0.4 is 0 Å². The molecule has 5 N–H and O–H groups in total. The van der Waals surface area contributed by atoms with Gasteiger partial charge in [0.25, 0.3) is 0 Å². The number of carbonyl (C=O) groups is 1. The molecule has 9 heteroatoms. The van der Waals surface area contributed by atoms with Crippen molar-refractivity contribution in [3.63, 3.8) is 0 Å². The molecule has 2 rings (SSSR count). The maximum absolute atomic E-state index is 13.1. The van der Waals surface area contributed by atoms with Crippen molar-refractivity contribution in [3.05, 3.63) is 69.3 Å². The zero-order valence-corrected chi connectivity index (χ0v) is 24.2. The number of carbonyl (C=O) groups excluding carboxylic acids is 1. The molecule has 1 aliphatic heterocycles. The highest BCUT2D eigenvalue weighted by Gasteiger charge is 2.34. The van der Waals surface area contributed by atoms with Crippen molar-refractivity contribution < 1.29 is 35.1 Å². The Bertz CT molecular complexity index is 1090. The summed E-state index contributed by atoms with van der Waals surface area (Å²) >= 11 is 1.24. The van der Waals surface area contributed by atoms with Crippen LogP contribution in [0, 0.1) is 5.92 Å². The van der Waals surface area contributed by atoms with Crippen molar-refractivity contribution in [2.24, 2.45) is 5.92 Å². The van der Waals surface area contributed by atoms with Gasteiger partial charge in [-0.15, -0.1) is 11.3 Å². The number of hydrogen-bond donors (Lipinski definition) is 5. The average Bonchev–Trinajstić information content (AvgIpc) is 3.33. The van der Waals surface area contributed by atoms with Crippen LogP contribution in [0.3, 0.4) is 0 Å². The lowest BCUT2D eigenvalue weighted by Gasteiger charge is -2.31. The Balaban J connectivity index is 2.42. The van der Waals surface area contributed by atoms with Gasteiger partial charge in [0.05, 0.1) is 36.5 Å². The Morgan fingerprint density at radius 1 is 1.21 bits per heavy atom. The molecule has 8 nitrogen and oxygen atoms in total. The van der Waals surface area contributed by atoms with Gasteiger partial charge in [-0.1, -0.05) is 54.5 Å². The van der Waals surface area contributed by atoms with Gasteiger partial charge in [-0.25, -0.2) is 9.78 Å². The standard InChI is InChI=1S/C30H43NO7S/c1-6-18(2)12-19(3)13-20(4)28-27(36)25(34)11-9-7-8-10-23(33)15-26(35)24(16-32)29-31-22(17-39-29)14-21(5)30(37)38-28/h6-10,12,14,17,20,23-28,32-36H,11,13,15-16H2,1-5H3. The van der Waals surface area contributed by atoms with Crippen LogP contribution >= 0.6 is 11.3 Å². The number of aliphatic hydroxyl groups is 5. The van der Waals surface area contributed by atoms with E-state index in [1.54, 1.807) is 36.6 Å². The minimum atomic E-state index is -1.33. The minimum Gasteiger partial charge on any atom is -0.456 e. The van der Waals surface area contributed by atoms with Gasteiger partial charge < -0.3 is 30.3 Å². The molecule has 0 saturated carbocycles. The number of cyclic esters (lactones) is 1. The van der Waals surface area contributed by atoms with E-state index in [0.717, 1.165) is 11.1 Å². The number of aliphatic hydroxyl groups excluding tert-OH is 5. The first-order chi connectivity index (χ1) is 18.5. The van der Waals surface area contributed by atoms with E-state index in [4.69, 9.17) is 4.74 Å². The largest absolute Gasteiger partial charge is 0.456 e. The summed E-state index contributed by atoms with van der Waals surface area (Å²) < 4.78 is 5.79. The highest BCUT2D eigenvalue weighted by atomic mass is 32.1. The van der Waals surface area contributed by atoms with E-state index in [2.05, 4.69) is 4.98 Å². The van der Waals surface area contributed by atoms with Crippen molar-refractivity contribution in [2.75, 3.05) is 6.61 Å². The van der Waals surface area contributed by atoms with Crippen LogP contribution in [0.5, 0.6) is 0 Å². The van der Waals surface area contributed by atoms with Crippen LogP contribution in [0.25, 0.3) is 6.08 Å². The molecule has 7 unspecified atom stereocenters. The fourth-order valence-corrected chi connectivity index (χ4v) is 5.34. The molecule has 0 aliphatic carbocycles. The van der Waals surface area contributed by atoms with E-state index in [1.165, 1.54) is 17.4 Å². The highest BCUT2D eigenvalue weighted by Crippen LogP contribution is 2.28. The smallest absolute Gasteiger partial charge is 0.334 e. The number of esters is 1. The molecule has 0 fully saturated rings. The summed E-state index contributed by atoms with van der Waals surface area (Å²) in [7, 11) is 0. The van der Waals surface area contributed by atoms with Gasteiger partial charge in [0.2, 0.25) is 0 Å². The van der Waals surface area contributed by atoms with Gasteiger partial charge in [-0.3, -0.25) is 0 Å². The molecule has 0 aromatic carbocycles. The zero-order valence-electron chi connectivity index (χ0n) is 23.4. The van der Waals surface area contributed by atoms with E-state index < -0.39 is 42.4 Å². The Labute approximate surface area is 235 Å². The molecule has 7 atom stereocenters. The summed E-state index contributed by atoms with van der Waals surface area (Å²) in [5, 5.41) is 54.8. The monoisotopic (exact) mass is 561 g/mol. The summed E-state index contributed by atoms with van der Waals surface area (Å²) in [5.74, 6) is -1.63. The molecule has 216 valence electrons. The summed E-state index contributed by atoms with van der Waals surface area (Å²) in [6, 6.07) is 0. The predicted molar refractivity (Wildman–Crippen MR) is 154 cm³/mol. The van der Waals surface area contributed by atoms with Gasteiger partial charge in [0.15, 0.2) is 0 Å². The molecule has 1 aliphatic rings. The second-order valence-electron chi connectivity index (χ2n) is 10.3. The predicted octanol–water partition coefficient (Wildman–Crippen LogP) is 3.82. The summed E-state index contributed by atoms with van der Waals surface area (Å²) in [5.41, 5.74) is 2.86. The van der Waals surface area contributed by atoms with Gasteiger partial charge in [0, 0.05) is 17.4 Å². The quantitative estimate of drug-likeness (QED) is 0.270. The highest BCUT2D eigenvalue weighted by molar-refractivity contribution is 7.09. The molecule has 0 radical (unpaired) electrons. The fraction of sp³-hybridized carbons (Fsp3) is 0.533. The van der Waals surface area contributed by atoms with Crippen molar-refractivity contribution >= 4 is 23.4 Å². The third kappa shape index (κ3) is 10.3. The van der Waals surface area contributed by atoms with Crippen LogP contribution in [0.15, 0.2) is 58.6 Å². The zero-order chi connectivity index (χ0) is 29.1. The Morgan fingerprint density at radius 2 is 1.92 bits per heavy atom. The third-order valence-electron chi connectivity index (χ3n) is 6.75. The van der Waals surface area contributed by atoms with Crippen LogP contribution in [0.1, 0.15) is 70.5 Å². The van der Waals surface area contributed by atoms with Crippen molar-refractivity contribution in [1.82, 2.24) is 4.98 Å². The molecular weight excluding hydrogens is 518 g/mol. The maximum Gasteiger partial charge on any atom is 0.334 e. The van der Waals surface area contributed by atoms with Crippen LogP contribution in [-0.4, -0.2) is 73.6 Å². The number of fused-ring (bicyclic) bond motifs is 2. The lowest BCUT2D eigenvalue weighted by atomic mass is 9.89. The first-order valence-electron chi connectivity index (χ1n) is 13.3. The molecule has 0 spiro atoms. The maximum atomic E-state index is 13.1. The van der Waals surface area contributed by atoms with Crippen molar-refractivity contribution in [2.45, 2.75) is 90.3 Å². The lowest BCUT2D eigenvalue weighted by Crippen LogP contribution is -2.44. The molecule has 39 heavy (non-hydrogen) atoms. The number of rotatable bonds is 5. The fourth-order valence-electron chi connectivity index (χ4n) is 4.41. The summed E-state index contributed by atoms with van der Waals surface area (Å²) in [4.78, 5) is 17.6. The average molecular weight is 562 g/mol. The molecular formula is C30H43NO7S. The number of ether oxygens (including phenoxy) is 1. The topological polar surface area (TPSA) is 140 Å². The van der Waals surface area contributed by atoms with E-state index in [1.807, 2.05) is 39.8 Å². The van der Waals surface area contributed by atoms with Crippen LogP contribution in [-0.2, 0) is 9.53 Å². The second kappa shape index (κ2) is 16.0. The Morgan fingerprint density at radius 3 is 2.59 bits per heavy atom. The van der Waals surface area contributed by atoms with Crippen molar-refractivity contribution in [1.29, 1.82) is 0 Å². The SMILES string of the molecule is CC=C(C)C=C(C)CC(C)C1OC(=O)C(C)=Cc2csc(n2)C(CO)C(O)CC(O)C=CC=CCC(O)C1O. The molecule has 1 aromatic heterocycles. The lowest BCUT2D eigenvalue weighted by molar-refractivity contribution is -0.160. The van der Waals surface area contributed by atoms with Crippen LogP contribution in [0.4, 0.5) is 0 Å². The van der Waals surface area contributed by atoms with E-state index in [9.17, 15) is 30.3 Å². The van der Waals surface area contributed by atoms with E-state index in [-0.39, 0.29) is 30.9 Å². The normalized spacial score (nSPS) is 29.2. The molecule has 0 amide bonds. The first-order valence-corrected chi connectivity index (χ1v) is 14.2. The van der Waals surface area contributed by atoms with Gasteiger partial charge >= 0.3 is 5.97 Å². The summed E-state index contributed by atoms with van der Waals surface area (Å²) in [6.45, 7) is 9.02. The minimum absolute atomic E-state index is 0.00594. The van der Waals surface area contributed by atoms with Crippen molar-refractivity contribution in [3.8, 4) is 0 Å². The Hall–Kier alpha value is -2.40. The van der Waals surface area contributed by atoms with Gasteiger partial charge in [-0.2, -0.15) is 0 Å². The number of hydrogen-bond acceptors (Lipinski definition) is 9. The van der Waals surface area contributed by atoms with E-state index in [0.29, 0.717) is 17.1 Å². The molecule has 2 heterocycles. The van der Waals surface area contributed by atoms with Gasteiger partial charge in [0.1, 0.15) is 17.2 Å². The number of nitrogens with zero attached hydrogens (tertiary/aromatic N) is 1. The molecule has 1 aromatic rings. The third-order valence-corrected chi connectivity index (χ3v) is 7.75. The van der Waals surface area contributed by atoms with E-state index >= 15 is 0 Å². The molecule has 2 bridgehead atoms. The number of thiazole rings is 1. The van der Waals surface area contributed by atoms with Gasteiger partial charge in [-0.05, 0) is 52.5 Å². The second-order valence-corrected chi connectivity index (χ2v) is 11.2. The number of aromatic nitrogens is 1.